The van der Waals surface area contributed by atoms with E-state index in [4.69, 9.17) is 8.37 Å². The molecular weight excluding hydrogens is 472 g/mol. The molecule has 0 radical (unpaired) electrons. The fourth-order valence-electron chi connectivity index (χ4n) is 3.38. The molecule has 34 heavy (non-hydrogen) atoms. The SMILES string of the molecule is Cc1ccc(S(=O)(=O)OCCCc2cccc(CCCOS(=O)(=O)c3ccc(C)cc3)c2)cc1. The van der Waals surface area contributed by atoms with Gasteiger partial charge in [-0.05, 0) is 74.9 Å². The van der Waals surface area contributed by atoms with Crippen LogP contribution < -0.4 is 0 Å². The Bertz CT molecular complexity index is 1180. The van der Waals surface area contributed by atoms with E-state index in [0.29, 0.717) is 25.7 Å². The normalized spacial score (nSPS) is 12.1. The molecule has 0 spiro atoms. The molecule has 0 amide bonds. The highest BCUT2D eigenvalue weighted by Gasteiger charge is 2.15. The van der Waals surface area contributed by atoms with E-state index in [1.165, 1.54) is 0 Å². The summed E-state index contributed by atoms with van der Waals surface area (Å²) in [7, 11) is -7.50. The molecule has 0 unspecified atom stereocenters. The van der Waals surface area contributed by atoms with Gasteiger partial charge >= 0.3 is 0 Å². The molecule has 0 bridgehead atoms. The Morgan fingerprint density at radius 1 is 0.588 bits per heavy atom. The average molecular weight is 503 g/mol. The predicted molar refractivity (Wildman–Crippen MR) is 132 cm³/mol. The lowest BCUT2D eigenvalue weighted by atomic mass is 10.0. The van der Waals surface area contributed by atoms with E-state index in [2.05, 4.69) is 0 Å². The molecule has 0 aliphatic heterocycles. The van der Waals surface area contributed by atoms with E-state index in [-0.39, 0.29) is 23.0 Å². The van der Waals surface area contributed by atoms with Crippen molar-refractivity contribution in [3.05, 3.63) is 95.1 Å². The first-order valence-electron chi connectivity index (χ1n) is 11.2. The Labute approximate surface area is 202 Å². The van der Waals surface area contributed by atoms with Gasteiger partial charge in [-0.15, -0.1) is 0 Å². The van der Waals surface area contributed by atoms with Crippen LogP contribution in [0.5, 0.6) is 0 Å². The quantitative estimate of drug-likeness (QED) is 0.256. The lowest BCUT2D eigenvalue weighted by Gasteiger charge is -2.08. The van der Waals surface area contributed by atoms with Crippen LogP contribution in [0.2, 0.25) is 0 Å². The van der Waals surface area contributed by atoms with Crippen molar-refractivity contribution in [1.82, 2.24) is 0 Å². The molecule has 0 aliphatic rings. The molecule has 8 heteroatoms. The third-order valence-corrected chi connectivity index (χ3v) is 7.96. The van der Waals surface area contributed by atoms with Crippen LogP contribution in [0.4, 0.5) is 0 Å². The largest absolute Gasteiger partial charge is 0.296 e. The molecule has 0 saturated heterocycles. The highest BCUT2D eigenvalue weighted by molar-refractivity contribution is 7.87. The number of benzene rings is 3. The Morgan fingerprint density at radius 3 is 1.35 bits per heavy atom. The fourth-order valence-corrected chi connectivity index (χ4v) is 5.26. The van der Waals surface area contributed by atoms with Gasteiger partial charge in [0.25, 0.3) is 20.2 Å². The first-order chi connectivity index (χ1) is 16.2. The summed E-state index contributed by atoms with van der Waals surface area (Å²) in [4.78, 5) is 0.318. The van der Waals surface area contributed by atoms with E-state index in [1.807, 2.05) is 38.1 Å². The van der Waals surface area contributed by atoms with E-state index in [0.717, 1.165) is 22.3 Å². The number of hydrogen-bond acceptors (Lipinski definition) is 6. The minimum absolute atomic E-state index is 0.102. The molecule has 182 valence electrons. The summed E-state index contributed by atoms with van der Waals surface area (Å²) < 4.78 is 59.3. The van der Waals surface area contributed by atoms with Crippen molar-refractivity contribution in [2.45, 2.75) is 49.3 Å². The summed E-state index contributed by atoms with van der Waals surface area (Å²) in [5.74, 6) is 0. The van der Waals surface area contributed by atoms with Crippen molar-refractivity contribution >= 4 is 20.2 Å². The van der Waals surface area contributed by atoms with Crippen molar-refractivity contribution in [1.29, 1.82) is 0 Å². The number of aryl methyl sites for hydroxylation is 4. The molecule has 0 aliphatic carbocycles. The average Bonchev–Trinajstić information content (AvgIpc) is 2.80. The van der Waals surface area contributed by atoms with Crippen LogP contribution in [0.3, 0.4) is 0 Å². The van der Waals surface area contributed by atoms with Gasteiger partial charge in [-0.3, -0.25) is 8.37 Å². The van der Waals surface area contributed by atoms with Gasteiger partial charge in [-0.1, -0.05) is 59.7 Å². The third-order valence-electron chi connectivity index (χ3n) is 5.31. The minimum Gasteiger partial charge on any atom is -0.266 e. The van der Waals surface area contributed by atoms with Gasteiger partial charge in [0, 0.05) is 0 Å². The van der Waals surface area contributed by atoms with E-state index in [1.54, 1.807) is 48.5 Å². The maximum atomic E-state index is 12.3. The lowest BCUT2D eigenvalue weighted by Crippen LogP contribution is -2.08. The van der Waals surface area contributed by atoms with E-state index < -0.39 is 20.2 Å². The highest BCUT2D eigenvalue weighted by atomic mass is 32.2. The third kappa shape index (κ3) is 7.77. The zero-order chi connectivity index (χ0) is 24.6. The molecule has 0 atom stereocenters. The first kappa shape index (κ1) is 26.1. The second kappa shape index (κ2) is 11.8. The van der Waals surface area contributed by atoms with Crippen LogP contribution in [-0.2, 0) is 41.4 Å². The Balaban J connectivity index is 1.42. The second-order valence-electron chi connectivity index (χ2n) is 8.21. The highest BCUT2D eigenvalue weighted by Crippen LogP contribution is 2.16. The monoisotopic (exact) mass is 502 g/mol. The molecule has 3 rings (SSSR count). The van der Waals surface area contributed by atoms with Gasteiger partial charge < -0.3 is 0 Å². The standard InChI is InChI=1S/C26H30O6S2/c1-21-10-14-25(15-11-21)33(27,28)31-18-4-8-23-6-3-7-24(20-23)9-5-19-32-34(29,30)26-16-12-22(2)13-17-26/h3,6-7,10-17,20H,4-5,8-9,18-19H2,1-2H3. The molecule has 3 aromatic carbocycles. The van der Waals surface area contributed by atoms with Crippen molar-refractivity contribution in [2.24, 2.45) is 0 Å². The summed E-state index contributed by atoms with van der Waals surface area (Å²) in [5.41, 5.74) is 4.11. The molecule has 0 heterocycles. The van der Waals surface area contributed by atoms with Gasteiger partial charge in [0.05, 0.1) is 23.0 Å². The van der Waals surface area contributed by atoms with Crippen molar-refractivity contribution < 1.29 is 25.2 Å². The zero-order valence-electron chi connectivity index (χ0n) is 19.4. The predicted octanol–water partition coefficient (Wildman–Crippen LogP) is 4.98. The summed E-state index contributed by atoms with van der Waals surface area (Å²) >= 11 is 0. The van der Waals surface area contributed by atoms with Gasteiger partial charge in [0.15, 0.2) is 0 Å². The molecular formula is C26H30O6S2. The van der Waals surface area contributed by atoms with E-state index in [9.17, 15) is 16.8 Å². The molecule has 0 N–H and O–H groups in total. The molecule has 0 aromatic heterocycles. The first-order valence-corrected chi connectivity index (χ1v) is 14.0. The Hall–Kier alpha value is -2.52. The number of hydrogen-bond donors (Lipinski definition) is 0. The Morgan fingerprint density at radius 2 is 0.971 bits per heavy atom. The lowest BCUT2D eigenvalue weighted by molar-refractivity contribution is 0.312. The fraction of sp³-hybridized carbons (Fsp3) is 0.308. The van der Waals surface area contributed by atoms with Crippen molar-refractivity contribution in [2.75, 3.05) is 13.2 Å². The Kier molecular flexibility index (Phi) is 9.02. The minimum atomic E-state index is -3.75. The van der Waals surface area contributed by atoms with Crippen LogP contribution in [0.15, 0.2) is 82.6 Å². The van der Waals surface area contributed by atoms with Crippen molar-refractivity contribution in [3.63, 3.8) is 0 Å². The molecule has 3 aromatic rings. The van der Waals surface area contributed by atoms with Gasteiger partial charge in [-0.25, -0.2) is 0 Å². The second-order valence-corrected chi connectivity index (χ2v) is 11.4. The summed E-state index contributed by atoms with van der Waals surface area (Å²) in [6, 6.07) is 21.1. The summed E-state index contributed by atoms with van der Waals surface area (Å²) in [5, 5.41) is 0. The topological polar surface area (TPSA) is 86.7 Å². The van der Waals surface area contributed by atoms with Crippen LogP contribution in [-0.4, -0.2) is 30.0 Å². The smallest absolute Gasteiger partial charge is 0.266 e. The van der Waals surface area contributed by atoms with Crippen molar-refractivity contribution in [3.8, 4) is 0 Å². The van der Waals surface area contributed by atoms with Crippen LogP contribution >= 0.6 is 0 Å². The van der Waals surface area contributed by atoms with Gasteiger partial charge in [0.1, 0.15) is 0 Å². The van der Waals surface area contributed by atoms with Gasteiger partial charge in [0.2, 0.25) is 0 Å². The van der Waals surface area contributed by atoms with Crippen LogP contribution in [0.1, 0.15) is 35.1 Å². The maximum absolute atomic E-state index is 12.3. The van der Waals surface area contributed by atoms with Crippen LogP contribution in [0, 0.1) is 13.8 Å². The maximum Gasteiger partial charge on any atom is 0.296 e. The molecule has 0 saturated carbocycles. The van der Waals surface area contributed by atoms with Crippen LogP contribution in [0.25, 0.3) is 0 Å². The molecule has 0 fully saturated rings. The summed E-state index contributed by atoms with van der Waals surface area (Å²) in [6.45, 7) is 3.99. The molecule has 6 nitrogen and oxygen atoms in total. The summed E-state index contributed by atoms with van der Waals surface area (Å²) in [6.07, 6.45) is 2.48. The van der Waals surface area contributed by atoms with E-state index >= 15 is 0 Å². The number of rotatable bonds is 12. The zero-order valence-corrected chi connectivity index (χ0v) is 21.1. The van der Waals surface area contributed by atoms with Gasteiger partial charge in [-0.2, -0.15) is 16.8 Å².